The minimum Gasteiger partial charge on any atom is -0.392 e. The number of carbonyl (C=O) groups is 1. The van der Waals surface area contributed by atoms with Gasteiger partial charge in [0.25, 0.3) is 5.91 Å². The van der Waals surface area contributed by atoms with E-state index >= 15 is 0 Å². The molecule has 0 spiro atoms. The van der Waals surface area contributed by atoms with Crippen molar-refractivity contribution in [2.75, 3.05) is 13.1 Å². The Kier molecular flexibility index (Phi) is 4.40. The second-order valence-electron chi connectivity index (χ2n) is 6.14. The predicted molar refractivity (Wildman–Crippen MR) is 77.4 cm³/mol. The zero-order valence-corrected chi connectivity index (χ0v) is 12.3. The van der Waals surface area contributed by atoms with Crippen LogP contribution in [0.5, 0.6) is 0 Å². The molecule has 120 valence electrons. The maximum Gasteiger partial charge on any atom is 0.254 e. The van der Waals surface area contributed by atoms with Crippen molar-refractivity contribution in [3.63, 3.8) is 0 Å². The predicted octanol–water partition coefficient (Wildman–Crippen LogP) is 1.68. The summed E-state index contributed by atoms with van der Waals surface area (Å²) in [5, 5.41) is 12.5. The summed E-state index contributed by atoms with van der Waals surface area (Å²) in [6.45, 7) is 1.43. The average Bonchev–Trinajstić information content (AvgIpc) is 3.10. The van der Waals surface area contributed by atoms with Crippen LogP contribution < -0.4 is 5.32 Å². The van der Waals surface area contributed by atoms with Crippen molar-refractivity contribution in [1.82, 2.24) is 10.2 Å². The molecule has 2 N–H and O–H groups in total. The topological polar surface area (TPSA) is 52.6 Å². The Morgan fingerprint density at radius 1 is 1.27 bits per heavy atom. The smallest absolute Gasteiger partial charge is 0.254 e. The Balaban J connectivity index is 1.69. The zero-order chi connectivity index (χ0) is 15.7. The van der Waals surface area contributed by atoms with E-state index in [4.69, 9.17) is 0 Å². The van der Waals surface area contributed by atoms with Gasteiger partial charge in [0, 0.05) is 25.2 Å². The van der Waals surface area contributed by atoms with Crippen molar-refractivity contribution in [2.24, 2.45) is 0 Å². The average molecular weight is 310 g/mol. The molecule has 2 fully saturated rings. The maximum atomic E-state index is 13.7. The minimum atomic E-state index is -0.718. The van der Waals surface area contributed by atoms with E-state index in [1.54, 1.807) is 0 Å². The first-order valence-electron chi connectivity index (χ1n) is 7.72. The molecular weight excluding hydrogens is 290 g/mol. The number of carbonyl (C=O) groups excluding carboxylic acids is 1. The lowest BCUT2D eigenvalue weighted by atomic mass is 10.1. The fraction of sp³-hybridized carbons (Fsp3) is 0.562. The highest BCUT2D eigenvalue weighted by Gasteiger charge is 2.36. The number of likely N-dealkylation sites (tertiary alicyclic amines) is 1. The zero-order valence-electron chi connectivity index (χ0n) is 12.3. The number of amides is 1. The minimum absolute atomic E-state index is 0.0829. The molecule has 1 saturated carbocycles. The fourth-order valence-corrected chi connectivity index (χ4v) is 3.53. The van der Waals surface area contributed by atoms with E-state index in [2.05, 4.69) is 10.2 Å². The van der Waals surface area contributed by atoms with Gasteiger partial charge in [-0.05, 0) is 43.9 Å². The van der Waals surface area contributed by atoms with E-state index in [1.807, 2.05) is 0 Å². The summed E-state index contributed by atoms with van der Waals surface area (Å²) in [6.07, 6.45) is 3.19. The van der Waals surface area contributed by atoms with Crippen molar-refractivity contribution < 1.29 is 18.7 Å². The van der Waals surface area contributed by atoms with Crippen LogP contribution in [0.1, 0.15) is 36.0 Å². The Bertz CT molecular complexity index is 567. The summed E-state index contributed by atoms with van der Waals surface area (Å²) < 4.78 is 26.9. The molecule has 1 aromatic carbocycles. The van der Waals surface area contributed by atoms with Crippen LogP contribution in [0.4, 0.5) is 8.78 Å². The van der Waals surface area contributed by atoms with Gasteiger partial charge in [-0.2, -0.15) is 0 Å². The maximum absolute atomic E-state index is 13.7. The summed E-state index contributed by atoms with van der Waals surface area (Å²) in [6, 6.07) is 2.97. The van der Waals surface area contributed by atoms with Gasteiger partial charge in [-0.1, -0.05) is 0 Å². The number of nitrogens with zero attached hydrogens (tertiary/aromatic N) is 1. The first kappa shape index (κ1) is 15.4. The molecule has 3 atom stereocenters. The lowest BCUT2D eigenvalue weighted by Gasteiger charge is -2.29. The molecule has 0 bridgehead atoms. The summed E-state index contributed by atoms with van der Waals surface area (Å²) in [5.41, 5.74) is -0.257. The molecule has 0 radical (unpaired) electrons. The number of hydrogen-bond acceptors (Lipinski definition) is 3. The number of β-amino-alcohol motifs (C(OH)–C–C–N with tert-alkyl or cyclic N) is 1. The van der Waals surface area contributed by atoms with Gasteiger partial charge in [0.15, 0.2) is 0 Å². The number of aliphatic hydroxyl groups is 1. The lowest BCUT2D eigenvalue weighted by molar-refractivity contribution is 0.0901. The van der Waals surface area contributed by atoms with Gasteiger partial charge in [0.2, 0.25) is 0 Å². The quantitative estimate of drug-likeness (QED) is 0.893. The molecule has 1 unspecified atom stereocenters. The van der Waals surface area contributed by atoms with Crippen LogP contribution in [-0.4, -0.2) is 47.2 Å². The molecule has 1 heterocycles. The normalized spacial score (nSPS) is 29.0. The molecule has 1 saturated heterocycles. The molecule has 1 amide bonds. The third-order valence-electron chi connectivity index (χ3n) is 4.63. The summed E-state index contributed by atoms with van der Waals surface area (Å²) in [7, 11) is 0. The van der Waals surface area contributed by atoms with Crippen molar-refractivity contribution in [2.45, 2.75) is 43.9 Å². The van der Waals surface area contributed by atoms with E-state index in [-0.39, 0.29) is 23.8 Å². The van der Waals surface area contributed by atoms with Gasteiger partial charge in [0.05, 0.1) is 11.7 Å². The van der Waals surface area contributed by atoms with Gasteiger partial charge in [-0.15, -0.1) is 0 Å². The van der Waals surface area contributed by atoms with Crippen LogP contribution in [0, 0.1) is 11.6 Å². The summed E-state index contributed by atoms with van der Waals surface area (Å²) >= 11 is 0. The van der Waals surface area contributed by atoms with Gasteiger partial charge in [0.1, 0.15) is 11.6 Å². The standard InChI is InChI=1S/C16H20F2N2O2/c17-10-4-5-13(18)12(8-10)16(22)19-14-2-1-3-15(14)20-7-6-11(21)9-20/h4-5,8,11,14-15,21H,1-3,6-7,9H2,(H,19,22)/t11?,14-,15+/m1/s1. The molecule has 0 aromatic heterocycles. The van der Waals surface area contributed by atoms with E-state index in [0.717, 1.165) is 50.4 Å². The monoisotopic (exact) mass is 310 g/mol. The third kappa shape index (κ3) is 3.13. The fourth-order valence-electron chi connectivity index (χ4n) is 3.53. The van der Waals surface area contributed by atoms with E-state index in [0.29, 0.717) is 6.54 Å². The highest BCUT2D eigenvalue weighted by molar-refractivity contribution is 5.94. The second-order valence-corrected chi connectivity index (χ2v) is 6.14. The van der Waals surface area contributed by atoms with Crippen molar-refractivity contribution >= 4 is 5.91 Å². The van der Waals surface area contributed by atoms with Gasteiger partial charge in [-0.3, -0.25) is 9.69 Å². The molecule has 1 aromatic rings. The summed E-state index contributed by atoms with van der Waals surface area (Å²) in [5.74, 6) is -1.92. The van der Waals surface area contributed by atoms with E-state index < -0.39 is 17.5 Å². The van der Waals surface area contributed by atoms with Crippen LogP contribution in [0.15, 0.2) is 18.2 Å². The van der Waals surface area contributed by atoms with Crippen LogP contribution in [0.3, 0.4) is 0 Å². The van der Waals surface area contributed by atoms with Crippen LogP contribution in [0.25, 0.3) is 0 Å². The number of benzene rings is 1. The van der Waals surface area contributed by atoms with Crippen molar-refractivity contribution in [3.05, 3.63) is 35.4 Å². The molecule has 22 heavy (non-hydrogen) atoms. The third-order valence-corrected chi connectivity index (χ3v) is 4.63. The second kappa shape index (κ2) is 6.30. The van der Waals surface area contributed by atoms with Crippen LogP contribution in [0.2, 0.25) is 0 Å². The van der Waals surface area contributed by atoms with Gasteiger partial charge >= 0.3 is 0 Å². The largest absolute Gasteiger partial charge is 0.392 e. The Morgan fingerprint density at radius 3 is 2.82 bits per heavy atom. The van der Waals surface area contributed by atoms with Crippen molar-refractivity contribution in [3.8, 4) is 0 Å². The van der Waals surface area contributed by atoms with E-state index in [1.165, 1.54) is 0 Å². The number of halogens is 2. The highest BCUT2D eigenvalue weighted by atomic mass is 19.1. The molecule has 2 aliphatic rings. The SMILES string of the molecule is O=C(N[C@@H]1CCC[C@@H]1N1CCC(O)C1)c1cc(F)ccc1F. The number of nitrogens with one attached hydrogen (secondary N) is 1. The number of hydrogen-bond donors (Lipinski definition) is 2. The number of rotatable bonds is 3. The lowest BCUT2D eigenvalue weighted by Crippen LogP contribution is -2.48. The number of aliphatic hydroxyl groups excluding tert-OH is 1. The Labute approximate surface area is 128 Å². The molecule has 1 aliphatic heterocycles. The van der Waals surface area contributed by atoms with Gasteiger partial charge in [-0.25, -0.2) is 8.78 Å². The van der Waals surface area contributed by atoms with Crippen molar-refractivity contribution in [1.29, 1.82) is 0 Å². The van der Waals surface area contributed by atoms with Gasteiger partial charge < -0.3 is 10.4 Å². The Hall–Kier alpha value is -1.53. The van der Waals surface area contributed by atoms with Crippen LogP contribution >= 0.6 is 0 Å². The first-order chi connectivity index (χ1) is 10.5. The molecular formula is C16H20F2N2O2. The first-order valence-corrected chi connectivity index (χ1v) is 7.72. The van der Waals surface area contributed by atoms with E-state index in [9.17, 15) is 18.7 Å². The molecule has 3 rings (SSSR count). The molecule has 4 nitrogen and oxygen atoms in total. The van der Waals surface area contributed by atoms with Crippen LogP contribution in [-0.2, 0) is 0 Å². The summed E-state index contributed by atoms with van der Waals surface area (Å²) in [4.78, 5) is 14.4. The highest BCUT2D eigenvalue weighted by Crippen LogP contribution is 2.27. The molecule has 6 heteroatoms. The Morgan fingerprint density at radius 2 is 2.09 bits per heavy atom. The molecule has 1 aliphatic carbocycles.